The van der Waals surface area contributed by atoms with Crippen LogP contribution in [0.2, 0.25) is 0 Å². The van der Waals surface area contributed by atoms with Crippen molar-refractivity contribution < 1.29 is 99.9 Å². The highest BCUT2D eigenvalue weighted by Gasteiger charge is 2.36. The van der Waals surface area contributed by atoms with Crippen molar-refractivity contribution in [2.45, 2.75) is 77.0 Å². The zero-order valence-electron chi connectivity index (χ0n) is 60.6. The van der Waals surface area contributed by atoms with Gasteiger partial charge in [0.2, 0.25) is 24.5 Å². The first-order valence-electron chi connectivity index (χ1n) is 35.8. The predicted molar refractivity (Wildman–Crippen MR) is 390 cm³/mol. The van der Waals surface area contributed by atoms with E-state index in [1.807, 2.05) is 42.7 Å². The molecule has 0 radical (unpaired) electrons. The van der Waals surface area contributed by atoms with Crippen molar-refractivity contribution in [2.75, 3.05) is 165 Å². The maximum atomic E-state index is 14.2. The second-order valence-corrected chi connectivity index (χ2v) is 25.5. The zero-order chi connectivity index (χ0) is 74.6. The van der Waals surface area contributed by atoms with E-state index in [1.54, 1.807) is 79.4 Å². The molecule has 0 bridgehead atoms. The van der Waals surface area contributed by atoms with Crippen molar-refractivity contribution in [3.63, 3.8) is 0 Å². The SMILES string of the molecule is COc1cc2c(cc1OCCCOc1cc3c(cc1OC)C(=O)N1C=C(c4ccc5c(c4)OCO5)C[C@H]1C=N3)N=C[C@@H]1CC(c3ccc(NC(=O)[C@H](C)NC(=O)[C@@H](NC(=O)CCOCCOCCOCCOCCOCCOCCOCCOCCNCCCN4C(=O)C=CC4=O)C(C)C)cc3)=CN1C2=O. The summed E-state index contributed by atoms with van der Waals surface area (Å²) in [5.41, 5.74) is 5.78. The molecule has 570 valence electrons. The summed E-state index contributed by atoms with van der Waals surface area (Å²) in [6.07, 6.45) is 12.0. The topological polar surface area (TPSA) is 331 Å². The molecule has 6 aliphatic rings. The third-order valence-electron chi connectivity index (χ3n) is 17.7. The maximum absolute atomic E-state index is 14.2. The van der Waals surface area contributed by atoms with Crippen LogP contribution in [-0.4, -0.2) is 252 Å². The fraction of sp³-hybridized carbons (Fsp3) is 0.487. The van der Waals surface area contributed by atoms with Crippen molar-refractivity contribution >= 4 is 82.0 Å². The average molecular weight is 1470 g/mol. The largest absolute Gasteiger partial charge is 0.493 e. The number of ether oxygens (including phenoxy) is 14. The highest BCUT2D eigenvalue weighted by atomic mass is 16.7. The number of hydrogen-bond donors (Lipinski definition) is 4. The Bertz CT molecular complexity index is 3830. The number of fused-ring (bicyclic) bond motifs is 5. The van der Waals surface area contributed by atoms with Crippen molar-refractivity contribution in [3.8, 4) is 34.5 Å². The van der Waals surface area contributed by atoms with E-state index in [9.17, 15) is 33.6 Å². The smallest absolute Gasteiger partial charge is 0.260 e. The van der Waals surface area contributed by atoms with Crippen molar-refractivity contribution in [3.05, 3.63) is 114 Å². The van der Waals surface area contributed by atoms with Gasteiger partial charge in [0.05, 0.1) is 168 Å². The van der Waals surface area contributed by atoms with Gasteiger partial charge in [-0.3, -0.25) is 48.4 Å². The number of amides is 7. The van der Waals surface area contributed by atoms with Crippen molar-refractivity contribution in [1.82, 2.24) is 30.7 Å². The van der Waals surface area contributed by atoms with Crippen LogP contribution in [-0.2, 0) is 61.9 Å². The van der Waals surface area contributed by atoms with Crippen LogP contribution in [0.4, 0.5) is 17.1 Å². The summed E-state index contributed by atoms with van der Waals surface area (Å²) in [4.78, 5) is 105. The number of rotatable bonds is 47. The minimum absolute atomic E-state index is 0.0172. The van der Waals surface area contributed by atoms with Crippen LogP contribution >= 0.6 is 0 Å². The van der Waals surface area contributed by atoms with E-state index in [1.165, 1.54) is 31.3 Å². The molecular weight excluding hydrogens is 1370 g/mol. The molecule has 30 heteroatoms. The molecule has 7 amide bonds. The third-order valence-corrected chi connectivity index (χ3v) is 17.7. The molecule has 10 rings (SSSR count). The minimum Gasteiger partial charge on any atom is -0.493 e. The van der Waals surface area contributed by atoms with Gasteiger partial charge in [0.1, 0.15) is 12.1 Å². The Labute approximate surface area is 615 Å². The fourth-order valence-electron chi connectivity index (χ4n) is 11.9. The molecule has 106 heavy (non-hydrogen) atoms. The number of nitrogens with one attached hydrogen (secondary N) is 4. The highest BCUT2D eigenvalue weighted by molar-refractivity contribution is 6.13. The van der Waals surface area contributed by atoms with E-state index in [0.717, 1.165) is 22.3 Å². The zero-order valence-corrected chi connectivity index (χ0v) is 60.6. The first-order chi connectivity index (χ1) is 51.7. The predicted octanol–water partition coefficient (Wildman–Crippen LogP) is 6.24. The van der Waals surface area contributed by atoms with Crippen LogP contribution in [0.3, 0.4) is 0 Å². The molecule has 0 unspecified atom stereocenters. The Kier molecular flexibility index (Phi) is 30.3. The average Bonchev–Trinajstić information content (AvgIpc) is 1.63. The van der Waals surface area contributed by atoms with Crippen LogP contribution in [0.1, 0.15) is 84.7 Å². The quantitative estimate of drug-likeness (QED) is 0.0281. The van der Waals surface area contributed by atoms with Gasteiger partial charge in [-0.2, -0.15) is 0 Å². The number of methoxy groups -OCH3 is 2. The second kappa shape index (κ2) is 40.7. The van der Waals surface area contributed by atoms with Gasteiger partial charge in [-0.05, 0) is 84.5 Å². The molecule has 0 saturated carbocycles. The summed E-state index contributed by atoms with van der Waals surface area (Å²) in [5.74, 6) is 0.334. The Morgan fingerprint density at radius 1 is 0.519 bits per heavy atom. The maximum Gasteiger partial charge on any atom is 0.260 e. The summed E-state index contributed by atoms with van der Waals surface area (Å²) in [6.45, 7) is 13.9. The van der Waals surface area contributed by atoms with Crippen molar-refractivity contribution in [1.29, 1.82) is 0 Å². The monoisotopic (exact) mass is 1470 g/mol. The number of benzene rings is 4. The fourth-order valence-corrected chi connectivity index (χ4v) is 11.9. The molecule has 4 aromatic rings. The van der Waals surface area contributed by atoms with E-state index >= 15 is 0 Å². The number of carbonyl (C=O) groups excluding carboxylic acids is 7. The van der Waals surface area contributed by atoms with Crippen LogP contribution in [0.15, 0.2) is 101 Å². The summed E-state index contributed by atoms with van der Waals surface area (Å²) in [6, 6.07) is 17.2. The van der Waals surface area contributed by atoms with E-state index in [4.69, 9.17) is 76.3 Å². The lowest BCUT2D eigenvalue weighted by Crippen LogP contribution is -2.53. The lowest BCUT2D eigenvalue weighted by Gasteiger charge is -2.24. The number of imide groups is 1. The number of carbonyl (C=O) groups is 7. The molecule has 4 N–H and O–H groups in total. The normalized spacial score (nSPS) is 16.6. The molecule has 30 nitrogen and oxygen atoms in total. The second-order valence-electron chi connectivity index (χ2n) is 25.5. The standard InChI is InChI=1S/C76H95N9O21/c1-50(2)72(82-69(86)16-22-95-24-26-97-28-30-99-32-34-101-36-37-102-35-33-100-31-29-98-27-25-96-23-18-77-17-6-19-83-70(87)14-15-71(83)88)74(90)80-51(3)73(89)81-56-11-8-52(9-12-56)54-38-57-45-78-61-43-67(64(93-4)41-59(61)75(91)84(57)47-54)103-20-7-21-104-68-44-62-60(42-65(68)94-5)76(92)85-48-55(39-58(85)46-79-62)53-10-13-63-66(40-53)106-49-105-63/h8-15,40-48,50-51,57-58,72,77H,6-7,16-39,49H2,1-5H3,(H,80,90)(H,81,89)(H,82,86)/t51-,57-,58-,72-/m0/s1. The molecule has 0 saturated heterocycles. The van der Waals surface area contributed by atoms with Crippen LogP contribution < -0.4 is 49.7 Å². The van der Waals surface area contributed by atoms with Gasteiger partial charge in [-0.25, -0.2) is 0 Å². The Morgan fingerprint density at radius 2 is 1.00 bits per heavy atom. The molecule has 0 aliphatic carbocycles. The Balaban J connectivity index is 0.540. The highest BCUT2D eigenvalue weighted by Crippen LogP contribution is 2.43. The molecule has 4 aromatic carbocycles. The Morgan fingerprint density at radius 3 is 1.51 bits per heavy atom. The van der Waals surface area contributed by atoms with Gasteiger partial charge < -0.3 is 97.4 Å². The number of nitrogens with zero attached hydrogens (tertiary/aromatic N) is 5. The van der Waals surface area contributed by atoms with Gasteiger partial charge in [0.15, 0.2) is 34.5 Å². The van der Waals surface area contributed by atoms with Crippen LogP contribution in [0, 0.1) is 5.92 Å². The minimum atomic E-state index is -0.941. The molecule has 6 aliphatic heterocycles. The first kappa shape index (κ1) is 78.9. The van der Waals surface area contributed by atoms with Gasteiger partial charge in [0.25, 0.3) is 23.6 Å². The molecule has 4 atom stereocenters. The van der Waals surface area contributed by atoms with E-state index < -0.39 is 23.9 Å². The van der Waals surface area contributed by atoms with Gasteiger partial charge in [-0.15, -0.1) is 0 Å². The lowest BCUT2D eigenvalue weighted by atomic mass is 10.0. The molecule has 6 heterocycles. The van der Waals surface area contributed by atoms with E-state index in [-0.39, 0.29) is 87.2 Å². The van der Waals surface area contributed by atoms with Gasteiger partial charge >= 0.3 is 0 Å². The summed E-state index contributed by atoms with van der Waals surface area (Å²) in [5, 5.41) is 11.6. The summed E-state index contributed by atoms with van der Waals surface area (Å²) in [7, 11) is 3.02. The summed E-state index contributed by atoms with van der Waals surface area (Å²) >= 11 is 0. The summed E-state index contributed by atoms with van der Waals surface area (Å²) < 4.78 is 79.1. The first-order valence-corrected chi connectivity index (χ1v) is 35.8. The van der Waals surface area contributed by atoms with E-state index in [0.29, 0.717) is 201 Å². The van der Waals surface area contributed by atoms with Crippen LogP contribution in [0.5, 0.6) is 34.5 Å². The molecule has 0 aromatic heterocycles. The lowest BCUT2D eigenvalue weighted by molar-refractivity contribution is -0.137. The number of anilines is 1. The third kappa shape index (κ3) is 22.5. The van der Waals surface area contributed by atoms with Gasteiger partial charge in [-0.1, -0.05) is 32.0 Å². The Hall–Kier alpha value is -9.63. The van der Waals surface area contributed by atoms with Gasteiger partial charge in [0, 0.05) is 93.6 Å². The van der Waals surface area contributed by atoms with Crippen molar-refractivity contribution in [2.24, 2.45) is 15.9 Å². The number of hydrogen-bond acceptors (Lipinski definition) is 24. The van der Waals surface area contributed by atoms with Crippen LogP contribution in [0.25, 0.3) is 11.1 Å². The molecule has 0 spiro atoms. The number of aliphatic imine (C=N–C) groups is 2. The molecular formula is C76H95N9O21. The van der Waals surface area contributed by atoms with E-state index in [2.05, 4.69) is 21.3 Å². The molecule has 0 fully saturated rings.